The molecule has 5 nitrogen and oxygen atoms in total. The lowest BCUT2D eigenvalue weighted by Crippen LogP contribution is -2.49. The van der Waals surface area contributed by atoms with Crippen molar-refractivity contribution < 1.29 is 9.59 Å². The molecule has 84 valence electrons. The number of rotatable bonds is 3. The van der Waals surface area contributed by atoms with Gasteiger partial charge in [-0.15, -0.1) is 0 Å². The first kappa shape index (κ1) is 11.8. The van der Waals surface area contributed by atoms with Crippen molar-refractivity contribution in [1.82, 2.24) is 5.32 Å². The van der Waals surface area contributed by atoms with Gasteiger partial charge in [0.25, 0.3) is 5.91 Å². The van der Waals surface area contributed by atoms with E-state index >= 15 is 0 Å². The summed E-state index contributed by atoms with van der Waals surface area (Å²) in [7, 11) is 0. The number of amidine groups is 1. The van der Waals surface area contributed by atoms with Crippen LogP contribution >= 0.6 is 0 Å². The summed E-state index contributed by atoms with van der Waals surface area (Å²) in [5.74, 6) is -1.01. The van der Waals surface area contributed by atoms with E-state index in [-0.39, 0.29) is 23.7 Å². The molecule has 0 aromatic heterocycles. The molecule has 2 unspecified atom stereocenters. The van der Waals surface area contributed by atoms with Gasteiger partial charge in [-0.3, -0.25) is 9.59 Å². The Bertz CT molecular complexity index is 310. The normalized spacial score (nSPS) is 23.8. The van der Waals surface area contributed by atoms with E-state index in [0.29, 0.717) is 12.4 Å². The summed E-state index contributed by atoms with van der Waals surface area (Å²) in [6.07, 6.45) is 0. The van der Waals surface area contributed by atoms with Gasteiger partial charge in [-0.25, -0.2) is 0 Å². The van der Waals surface area contributed by atoms with Crippen LogP contribution in [0.25, 0.3) is 0 Å². The van der Waals surface area contributed by atoms with Gasteiger partial charge in [0, 0.05) is 12.5 Å². The first-order chi connectivity index (χ1) is 6.97. The topological polar surface area (TPSA) is 84.5 Å². The van der Waals surface area contributed by atoms with E-state index in [4.69, 9.17) is 5.73 Å². The average Bonchev–Trinajstić information content (AvgIpc) is 2.14. The van der Waals surface area contributed by atoms with Crippen molar-refractivity contribution >= 4 is 17.6 Å². The Morgan fingerprint density at radius 1 is 1.40 bits per heavy atom. The molecular formula is C10H17N3O2. The van der Waals surface area contributed by atoms with E-state index in [1.54, 1.807) is 0 Å². The molecule has 0 bridgehead atoms. The predicted octanol–water partition coefficient (Wildman–Crippen LogP) is -0.0917. The maximum absolute atomic E-state index is 11.6. The van der Waals surface area contributed by atoms with E-state index < -0.39 is 5.92 Å². The van der Waals surface area contributed by atoms with Crippen LogP contribution in [0.15, 0.2) is 4.99 Å². The van der Waals surface area contributed by atoms with Crippen LogP contribution in [0.1, 0.15) is 20.8 Å². The zero-order valence-electron chi connectivity index (χ0n) is 9.28. The van der Waals surface area contributed by atoms with Gasteiger partial charge in [0.05, 0.1) is 0 Å². The third-order valence-corrected chi connectivity index (χ3v) is 2.52. The van der Waals surface area contributed by atoms with Crippen molar-refractivity contribution in [1.29, 1.82) is 0 Å². The van der Waals surface area contributed by atoms with Crippen molar-refractivity contribution in [2.75, 3.05) is 6.54 Å². The molecule has 2 amide bonds. The zero-order valence-corrected chi connectivity index (χ0v) is 9.28. The first-order valence-electron chi connectivity index (χ1n) is 5.10. The zero-order chi connectivity index (χ0) is 11.6. The second-order valence-corrected chi connectivity index (χ2v) is 4.18. The second-order valence-electron chi connectivity index (χ2n) is 4.18. The molecular weight excluding hydrogens is 194 g/mol. The number of nitrogens with zero attached hydrogens (tertiary/aromatic N) is 1. The number of carbonyl (C=O) groups excluding carboxylic acids is 2. The summed E-state index contributed by atoms with van der Waals surface area (Å²) in [6.45, 7) is 5.84. The van der Waals surface area contributed by atoms with Gasteiger partial charge in [-0.2, -0.15) is 4.99 Å². The SMILES string of the molecule is CC(CN)C1=NC(=O)C(C(C)C)C(=O)N1. The standard InChI is InChI=1S/C10H17N3O2/c1-5(2)7-9(14)12-8(6(3)4-11)13-10(7)15/h5-7H,4,11H2,1-3H3,(H,12,13,14,15). The largest absolute Gasteiger partial charge is 0.330 e. The highest BCUT2D eigenvalue weighted by atomic mass is 16.2. The minimum absolute atomic E-state index is 0.0315. The number of hydrogen-bond acceptors (Lipinski definition) is 3. The van der Waals surface area contributed by atoms with Gasteiger partial charge in [-0.1, -0.05) is 20.8 Å². The fraction of sp³-hybridized carbons (Fsp3) is 0.700. The maximum atomic E-state index is 11.6. The van der Waals surface area contributed by atoms with Crippen LogP contribution in [-0.2, 0) is 9.59 Å². The number of carbonyl (C=O) groups is 2. The number of nitrogens with one attached hydrogen (secondary N) is 1. The molecule has 0 radical (unpaired) electrons. The molecule has 1 rings (SSSR count). The highest BCUT2D eigenvalue weighted by Gasteiger charge is 2.35. The van der Waals surface area contributed by atoms with Gasteiger partial charge in [-0.05, 0) is 5.92 Å². The predicted molar refractivity (Wildman–Crippen MR) is 57.1 cm³/mol. The average molecular weight is 211 g/mol. The molecule has 0 aromatic rings. The summed E-state index contributed by atoms with van der Waals surface area (Å²) in [4.78, 5) is 27.1. The van der Waals surface area contributed by atoms with Crippen molar-refractivity contribution in [2.24, 2.45) is 28.5 Å². The van der Waals surface area contributed by atoms with Gasteiger partial charge in [0.1, 0.15) is 11.8 Å². The van der Waals surface area contributed by atoms with E-state index in [1.807, 2.05) is 20.8 Å². The quantitative estimate of drug-likeness (QED) is 0.640. The molecule has 0 spiro atoms. The Balaban J connectivity index is 2.90. The molecule has 3 N–H and O–H groups in total. The number of hydrogen-bond donors (Lipinski definition) is 2. The van der Waals surface area contributed by atoms with Gasteiger partial charge < -0.3 is 11.1 Å². The lowest BCUT2D eigenvalue weighted by molar-refractivity contribution is -0.135. The summed E-state index contributed by atoms with van der Waals surface area (Å²) in [5.41, 5.74) is 5.44. The summed E-state index contributed by atoms with van der Waals surface area (Å²) < 4.78 is 0. The van der Waals surface area contributed by atoms with Crippen molar-refractivity contribution in [3.63, 3.8) is 0 Å². The molecule has 1 heterocycles. The minimum atomic E-state index is -0.654. The Hall–Kier alpha value is -1.23. The van der Waals surface area contributed by atoms with E-state index in [1.165, 1.54) is 0 Å². The molecule has 5 heteroatoms. The molecule has 1 aliphatic rings. The van der Waals surface area contributed by atoms with Crippen molar-refractivity contribution in [2.45, 2.75) is 20.8 Å². The summed E-state index contributed by atoms with van der Waals surface area (Å²) in [6, 6.07) is 0. The molecule has 0 aliphatic carbocycles. The van der Waals surface area contributed by atoms with Crippen molar-refractivity contribution in [3.8, 4) is 0 Å². The fourth-order valence-corrected chi connectivity index (χ4v) is 1.47. The van der Waals surface area contributed by atoms with Gasteiger partial charge >= 0.3 is 0 Å². The fourth-order valence-electron chi connectivity index (χ4n) is 1.47. The van der Waals surface area contributed by atoms with E-state index in [9.17, 15) is 9.59 Å². The van der Waals surface area contributed by atoms with Crippen molar-refractivity contribution in [3.05, 3.63) is 0 Å². The van der Waals surface area contributed by atoms with E-state index in [0.717, 1.165) is 0 Å². The summed E-state index contributed by atoms with van der Waals surface area (Å²) in [5, 5.41) is 2.64. The lowest BCUT2D eigenvalue weighted by Gasteiger charge is -2.24. The molecule has 0 saturated carbocycles. The summed E-state index contributed by atoms with van der Waals surface area (Å²) >= 11 is 0. The minimum Gasteiger partial charge on any atom is -0.330 e. The Labute approximate surface area is 89.1 Å². The third-order valence-electron chi connectivity index (χ3n) is 2.52. The Morgan fingerprint density at radius 2 is 2.00 bits per heavy atom. The smallest absolute Gasteiger partial charge is 0.260 e. The highest BCUT2D eigenvalue weighted by molar-refractivity contribution is 6.16. The van der Waals surface area contributed by atoms with Crippen LogP contribution in [0.2, 0.25) is 0 Å². The Morgan fingerprint density at radius 3 is 2.40 bits per heavy atom. The lowest BCUT2D eigenvalue weighted by atomic mass is 9.92. The molecule has 0 fully saturated rings. The second kappa shape index (κ2) is 4.53. The number of aliphatic imine (C=N–C) groups is 1. The molecule has 1 aliphatic heterocycles. The third kappa shape index (κ3) is 2.41. The van der Waals surface area contributed by atoms with Gasteiger partial charge in [0.2, 0.25) is 5.91 Å². The van der Waals surface area contributed by atoms with Crippen LogP contribution < -0.4 is 11.1 Å². The number of amides is 2. The highest BCUT2D eigenvalue weighted by Crippen LogP contribution is 2.17. The van der Waals surface area contributed by atoms with Crippen LogP contribution in [-0.4, -0.2) is 24.2 Å². The molecule has 0 aromatic carbocycles. The molecule has 15 heavy (non-hydrogen) atoms. The van der Waals surface area contributed by atoms with E-state index in [2.05, 4.69) is 10.3 Å². The monoisotopic (exact) mass is 211 g/mol. The van der Waals surface area contributed by atoms with Crippen LogP contribution in [0, 0.1) is 17.8 Å². The molecule has 0 saturated heterocycles. The van der Waals surface area contributed by atoms with Gasteiger partial charge in [0.15, 0.2) is 0 Å². The van der Waals surface area contributed by atoms with Crippen LogP contribution in [0.4, 0.5) is 0 Å². The Kier molecular flexibility index (Phi) is 3.57. The van der Waals surface area contributed by atoms with Crippen LogP contribution in [0.5, 0.6) is 0 Å². The maximum Gasteiger partial charge on any atom is 0.260 e. The molecule has 2 atom stereocenters. The van der Waals surface area contributed by atoms with Crippen LogP contribution in [0.3, 0.4) is 0 Å². The number of nitrogens with two attached hydrogens (primary N) is 1. The first-order valence-corrected chi connectivity index (χ1v) is 5.10.